The summed E-state index contributed by atoms with van der Waals surface area (Å²) >= 11 is 1.38. The Bertz CT molecular complexity index is 838. The first kappa shape index (κ1) is 20.4. The number of carbonyl (C=O) groups is 2. The molecule has 1 aromatic heterocycles. The van der Waals surface area contributed by atoms with E-state index in [-0.39, 0.29) is 23.1 Å². The molecule has 0 bridgehead atoms. The van der Waals surface area contributed by atoms with Crippen molar-refractivity contribution in [3.63, 3.8) is 0 Å². The Morgan fingerprint density at radius 2 is 2.07 bits per heavy atom. The Balaban J connectivity index is 1.68. The minimum absolute atomic E-state index is 0.0327. The highest BCUT2D eigenvalue weighted by atomic mass is 32.2. The number of nitrogens with zero attached hydrogens (tertiary/aromatic N) is 3. The standard InChI is InChI=1S/C20H27N5O2S/c1-13-7-4-5-10-18(13)23-19(27)14(2)28-20-24-21-12-25(20)17-9-6-8-16(11-17)22-15(3)26/h6,8-9,11-14,18H,4-5,7,10H2,1-3H3,(H,22,26)(H,23,27). The van der Waals surface area contributed by atoms with Crippen molar-refractivity contribution in [2.24, 2.45) is 5.92 Å². The summed E-state index contributed by atoms with van der Waals surface area (Å²) in [6.07, 6.45) is 6.26. The first-order valence-corrected chi connectivity index (χ1v) is 10.6. The van der Waals surface area contributed by atoms with Crippen LogP contribution in [0.2, 0.25) is 0 Å². The molecule has 3 unspecified atom stereocenters. The van der Waals surface area contributed by atoms with E-state index in [4.69, 9.17) is 0 Å². The number of carbonyl (C=O) groups excluding carboxylic acids is 2. The van der Waals surface area contributed by atoms with Crippen molar-refractivity contribution in [1.29, 1.82) is 0 Å². The van der Waals surface area contributed by atoms with Crippen LogP contribution in [-0.2, 0) is 9.59 Å². The number of hydrogen-bond donors (Lipinski definition) is 2. The van der Waals surface area contributed by atoms with Gasteiger partial charge in [0.15, 0.2) is 5.16 Å². The predicted molar refractivity (Wildman–Crippen MR) is 111 cm³/mol. The van der Waals surface area contributed by atoms with Crippen LogP contribution >= 0.6 is 11.8 Å². The zero-order valence-corrected chi connectivity index (χ0v) is 17.3. The lowest BCUT2D eigenvalue weighted by atomic mass is 9.86. The Kier molecular flexibility index (Phi) is 6.72. The van der Waals surface area contributed by atoms with E-state index in [1.807, 2.05) is 35.8 Å². The summed E-state index contributed by atoms with van der Waals surface area (Å²) < 4.78 is 1.82. The predicted octanol–water partition coefficient (Wildman–Crippen LogP) is 3.40. The van der Waals surface area contributed by atoms with Gasteiger partial charge in [0.25, 0.3) is 0 Å². The third-order valence-corrected chi connectivity index (χ3v) is 6.11. The highest BCUT2D eigenvalue weighted by Gasteiger charge is 2.26. The van der Waals surface area contributed by atoms with Gasteiger partial charge in [-0.05, 0) is 43.9 Å². The number of hydrogen-bond acceptors (Lipinski definition) is 5. The molecule has 0 radical (unpaired) electrons. The minimum atomic E-state index is -0.282. The van der Waals surface area contributed by atoms with E-state index in [2.05, 4.69) is 27.8 Å². The van der Waals surface area contributed by atoms with Crippen LogP contribution in [0, 0.1) is 5.92 Å². The van der Waals surface area contributed by atoms with Crippen LogP contribution in [0.5, 0.6) is 0 Å². The van der Waals surface area contributed by atoms with Crippen molar-refractivity contribution in [2.45, 2.75) is 62.9 Å². The molecular formula is C20H27N5O2S. The molecule has 7 nitrogen and oxygen atoms in total. The topological polar surface area (TPSA) is 88.9 Å². The van der Waals surface area contributed by atoms with E-state index in [0.717, 1.165) is 12.1 Å². The maximum Gasteiger partial charge on any atom is 0.233 e. The Morgan fingerprint density at radius 3 is 2.82 bits per heavy atom. The van der Waals surface area contributed by atoms with Crippen LogP contribution < -0.4 is 10.6 Å². The fraction of sp³-hybridized carbons (Fsp3) is 0.500. The summed E-state index contributed by atoms with van der Waals surface area (Å²) in [5.41, 5.74) is 1.53. The number of rotatable bonds is 6. The third-order valence-electron chi connectivity index (χ3n) is 5.05. The Labute approximate surface area is 169 Å². The van der Waals surface area contributed by atoms with Crippen molar-refractivity contribution < 1.29 is 9.59 Å². The Morgan fingerprint density at radius 1 is 1.29 bits per heavy atom. The van der Waals surface area contributed by atoms with Gasteiger partial charge in [-0.3, -0.25) is 14.2 Å². The molecular weight excluding hydrogens is 374 g/mol. The highest BCUT2D eigenvalue weighted by molar-refractivity contribution is 8.00. The van der Waals surface area contributed by atoms with Gasteiger partial charge in [-0.25, -0.2) is 0 Å². The van der Waals surface area contributed by atoms with Crippen LogP contribution in [-0.4, -0.2) is 37.9 Å². The zero-order valence-electron chi connectivity index (χ0n) is 16.5. The van der Waals surface area contributed by atoms with Gasteiger partial charge in [0.2, 0.25) is 11.8 Å². The minimum Gasteiger partial charge on any atom is -0.352 e. The van der Waals surface area contributed by atoms with Crippen LogP contribution in [0.4, 0.5) is 5.69 Å². The lowest BCUT2D eigenvalue weighted by Crippen LogP contribution is -2.44. The largest absolute Gasteiger partial charge is 0.352 e. The molecule has 1 aliphatic carbocycles. The van der Waals surface area contributed by atoms with E-state index in [9.17, 15) is 9.59 Å². The molecule has 28 heavy (non-hydrogen) atoms. The number of amides is 2. The second-order valence-corrected chi connectivity index (χ2v) is 8.66. The lowest BCUT2D eigenvalue weighted by Gasteiger charge is -2.30. The molecule has 3 atom stereocenters. The SMILES string of the molecule is CC(=O)Nc1cccc(-n2cnnc2SC(C)C(=O)NC2CCCCC2C)c1. The van der Waals surface area contributed by atoms with Crippen molar-refractivity contribution in [1.82, 2.24) is 20.1 Å². The zero-order chi connectivity index (χ0) is 20.1. The van der Waals surface area contributed by atoms with Crippen LogP contribution in [0.1, 0.15) is 46.5 Å². The van der Waals surface area contributed by atoms with E-state index in [1.165, 1.54) is 37.9 Å². The highest BCUT2D eigenvalue weighted by Crippen LogP contribution is 2.27. The summed E-state index contributed by atoms with van der Waals surface area (Å²) in [6.45, 7) is 5.57. The summed E-state index contributed by atoms with van der Waals surface area (Å²) in [5.74, 6) is 0.429. The van der Waals surface area contributed by atoms with Crippen LogP contribution in [0.25, 0.3) is 5.69 Å². The average Bonchev–Trinajstić information content (AvgIpc) is 3.11. The molecule has 2 aromatic rings. The molecule has 2 N–H and O–H groups in total. The molecule has 0 saturated heterocycles. The molecule has 1 aromatic carbocycles. The van der Waals surface area contributed by atoms with Gasteiger partial charge in [-0.1, -0.05) is 37.6 Å². The smallest absolute Gasteiger partial charge is 0.233 e. The maximum absolute atomic E-state index is 12.7. The molecule has 8 heteroatoms. The number of nitrogens with one attached hydrogen (secondary N) is 2. The summed E-state index contributed by atoms with van der Waals surface area (Å²) in [6, 6.07) is 7.70. The molecule has 150 valence electrons. The van der Waals surface area contributed by atoms with E-state index < -0.39 is 0 Å². The van der Waals surface area contributed by atoms with Crippen molar-refractivity contribution in [3.8, 4) is 5.69 Å². The van der Waals surface area contributed by atoms with Gasteiger partial charge >= 0.3 is 0 Å². The number of benzene rings is 1. The monoisotopic (exact) mass is 401 g/mol. The molecule has 0 aliphatic heterocycles. The molecule has 3 rings (SSSR count). The Hall–Kier alpha value is -2.35. The van der Waals surface area contributed by atoms with Gasteiger partial charge in [0, 0.05) is 18.7 Å². The normalized spacial score (nSPS) is 20.4. The maximum atomic E-state index is 12.7. The fourth-order valence-electron chi connectivity index (χ4n) is 3.46. The van der Waals surface area contributed by atoms with E-state index >= 15 is 0 Å². The molecule has 1 heterocycles. The average molecular weight is 402 g/mol. The first-order chi connectivity index (χ1) is 13.4. The number of anilines is 1. The molecule has 0 spiro atoms. The molecule has 1 saturated carbocycles. The summed E-state index contributed by atoms with van der Waals surface area (Å²) in [7, 11) is 0. The van der Waals surface area contributed by atoms with Gasteiger partial charge in [0.05, 0.1) is 10.9 Å². The van der Waals surface area contributed by atoms with Crippen molar-refractivity contribution in [2.75, 3.05) is 5.32 Å². The van der Waals surface area contributed by atoms with E-state index in [0.29, 0.717) is 16.8 Å². The van der Waals surface area contributed by atoms with Crippen LogP contribution in [0.15, 0.2) is 35.7 Å². The molecule has 1 fully saturated rings. The quantitative estimate of drug-likeness (QED) is 0.724. The number of thioether (sulfide) groups is 1. The van der Waals surface area contributed by atoms with Gasteiger partial charge in [-0.15, -0.1) is 10.2 Å². The van der Waals surface area contributed by atoms with Gasteiger partial charge in [-0.2, -0.15) is 0 Å². The van der Waals surface area contributed by atoms with Crippen molar-refractivity contribution >= 4 is 29.3 Å². The second kappa shape index (κ2) is 9.23. The third kappa shape index (κ3) is 5.13. The van der Waals surface area contributed by atoms with E-state index in [1.54, 1.807) is 6.33 Å². The first-order valence-electron chi connectivity index (χ1n) is 9.69. The second-order valence-electron chi connectivity index (χ2n) is 7.35. The number of aromatic nitrogens is 3. The summed E-state index contributed by atoms with van der Waals surface area (Å²) in [5, 5.41) is 14.5. The van der Waals surface area contributed by atoms with Crippen molar-refractivity contribution in [3.05, 3.63) is 30.6 Å². The fourth-order valence-corrected chi connectivity index (χ4v) is 4.31. The summed E-state index contributed by atoms with van der Waals surface area (Å²) in [4.78, 5) is 24.0. The molecule has 1 aliphatic rings. The van der Waals surface area contributed by atoms with Crippen LogP contribution in [0.3, 0.4) is 0 Å². The van der Waals surface area contributed by atoms with Gasteiger partial charge < -0.3 is 10.6 Å². The lowest BCUT2D eigenvalue weighted by molar-refractivity contribution is -0.121. The molecule has 2 amide bonds. The van der Waals surface area contributed by atoms with Gasteiger partial charge in [0.1, 0.15) is 6.33 Å².